The van der Waals surface area contributed by atoms with Crippen molar-refractivity contribution in [1.29, 1.82) is 0 Å². The summed E-state index contributed by atoms with van der Waals surface area (Å²) in [5.74, 6) is 0.375. The third-order valence-electron chi connectivity index (χ3n) is 6.11. The van der Waals surface area contributed by atoms with Gasteiger partial charge in [0.15, 0.2) is 0 Å². The van der Waals surface area contributed by atoms with Gasteiger partial charge in [0, 0.05) is 36.7 Å². The monoisotopic (exact) mass is 443 g/mol. The topological polar surface area (TPSA) is 82.1 Å². The molecule has 2 N–H and O–H groups in total. The summed E-state index contributed by atoms with van der Waals surface area (Å²) in [6.07, 6.45) is 2.85. The zero-order valence-electron chi connectivity index (χ0n) is 18.0. The van der Waals surface area contributed by atoms with Crippen molar-refractivity contribution in [2.45, 2.75) is 26.2 Å². The number of thiophene rings is 1. The summed E-state index contributed by atoms with van der Waals surface area (Å²) in [6, 6.07) is 7.20. The molecule has 4 rings (SSSR count). The number of hydrogen-bond acceptors (Lipinski definition) is 7. The van der Waals surface area contributed by atoms with Crippen molar-refractivity contribution in [3.63, 3.8) is 0 Å². The minimum Gasteiger partial charge on any atom is -0.508 e. The van der Waals surface area contributed by atoms with Crippen LogP contribution in [0.3, 0.4) is 0 Å². The average Bonchev–Trinajstić information content (AvgIpc) is 3.11. The van der Waals surface area contributed by atoms with Gasteiger partial charge in [0.1, 0.15) is 10.8 Å². The Morgan fingerprint density at radius 2 is 1.90 bits per heavy atom. The van der Waals surface area contributed by atoms with Crippen LogP contribution in [0.2, 0.25) is 0 Å². The van der Waals surface area contributed by atoms with E-state index in [0.29, 0.717) is 23.0 Å². The molecule has 1 aliphatic carbocycles. The highest BCUT2D eigenvalue weighted by molar-refractivity contribution is 7.17. The van der Waals surface area contributed by atoms with Crippen LogP contribution in [0, 0.1) is 5.92 Å². The second-order valence-corrected chi connectivity index (χ2v) is 9.48. The third-order valence-corrected chi connectivity index (χ3v) is 7.28. The van der Waals surface area contributed by atoms with E-state index in [2.05, 4.69) is 22.0 Å². The van der Waals surface area contributed by atoms with Gasteiger partial charge in [0.05, 0.1) is 19.2 Å². The first kappa shape index (κ1) is 21.6. The molecule has 2 heterocycles. The summed E-state index contributed by atoms with van der Waals surface area (Å²) in [4.78, 5) is 30.7. The summed E-state index contributed by atoms with van der Waals surface area (Å²) in [5, 5.41) is 13.1. The SMILES string of the molecule is COC(=O)c1c(NC(=O)CN2CCN(c3ccc(O)cc3)CC2)sc2c1CCC(C)C2. The molecule has 0 radical (unpaired) electrons. The molecule has 2 aromatic rings. The van der Waals surface area contributed by atoms with Crippen LogP contribution in [0.5, 0.6) is 5.75 Å². The van der Waals surface area contributed by atoms with Crippen molar-refractivity contribution in [2.75, 3.05) is 50.1 Å². The number of piperazine rings is 1. The van der Waals surface area contributed by atoms with E-state index in [4.69, 9.17) is 4.74 Å². The summed E-state index contributed by atoms with van der Waals surface area (Å²) in [5.41, 5.74) is 2.66. The number of phenolic OH excluding ortho intramolecular Hbond substituents is 1. The van der Waals surface area contributed by atoms with Crippen molar-refractivity contribution >= 4 is 33.9 Å². The Balaban J connectivity index is 1.37. The maximum absolute atomic E-state index is 12.8. The van der Waals surface area contributed by atoms with Gasteiger partial charge in [-0.3, -0.25) is 9.69 Å². The largest absolute Gasteiger partial charge is 0.508 e. The molecule has 1 fully saturated rings. The van der Waals surface area contributed by atoms with Crippen LogP contribution >= 0.6 is 11.3 Å². The lowest BCUT2D eigenvalue weighted by molar-refractivity contribution is -0.117. The van der Waals surface area contributed by atoms with Crippen molar-refractivity contribution < 1.29 is 19.4 Å². The lowest BCUT2D eigenvalue weighted by atomic mass is 9.88. The standard InChI is InChI=1S/C23H29N3O4S/c1-15-3-8-18-19(13-15)31-22(21(18)23(29)30-2)24-20(28)14-25-9-11-26(12-10-25)16-4-6-17(27)7-5-16/h4-7,15,27H,3,8-14H2,1-2H3,(H,24,28). The Labute approximate surface area is 186 Å². The number of aromatic hydroxyl groups is 1. The van der Waals surface area contributed by atoms with E-state index in [1.807, 2.05) is 12.1 Å². The number of ether oxygens (including phenoxy) is 1. The maximum atomic E-state index is 12.8. The number of anilines is 2. The highest BCUT2D eigenvalue weighted by atomic mass is 32.1. The summed E-state index contributed by atoms with van der Waals surface area (Å²) >= 11 is 1.52. The van der Waals surface area contributed by atoms with Crippen molar-refractivity contribution in [3.8, 4) is 5.75 Å². The molecule has 7 nitrogen and oxygen atoms in total. The Morgan fingerprint density at radius 3 is 2.58 bits per heavy atom. The minimum absolute atomic E-state index is 0.102. The number of esters is 1. The Kier molecular flexibility index (Phi) is 6.48. The van der Waals surface area contributed by atoms with Crippen LogP contribution in [0.15, 0.2) is 24.3 Å². The lowest BCUT2D eigenvalue weighted by Gasteiger charge is -2.35. The van der Waals surface area contributed by atoms with E-state index in [-0.39, 0.29) is 17.6 Å². The quantitative estimate of drug-likeness (QED) is 0.691. The van der Waals surface area contributed by atoms with Gasteiger partial charge in [-0.25, -0.2) is 4.79 Å². The number of nitrogens with zero attached hydrogens (tertiary/aromatic N) is 2. The maximum Gasteiger partial charge on any atom is 0.341 e. The van der Waals surface area contributed by atoms with Crippen LogP contribution in [0.4, 0.5) is 10.7 Å². The fourth-order valence-electron chi connectivity index (χ4n) is 4.35. The molecule has 1 atom stereocenters. The Hall–Kier alpha value is -2.58. The molecule has 31 heavy (non-hydrogen) atoms. The van der Waals surface area contributed by atoms with Gasteiger partial charge in [-0.05, 0) is 55.0 Å². The number of fused-ring (bicyclic) bond motifs is 1. The van der Waals surface area contributed by atoms with E-state index in [1.54, 1.807) is 12.1 Å². The second kappa shape index (κ2) is 9.28. The van der Waals surface area contributed by atoms with Crippen LogP contribution < -0.4 is 10.2 Å². The molecular weight excluding hydrogens is 414 g/mol. The van der Waals surface area contributed by atoms with Crippen LogP contribution in [0.1, 0.15) is 34.1 Å². The van der Waals surface area contributed by atoms with Gasteiger partial charge in [-0.15, -0.1) is 11.3 Å². The van der Waals surface area contributed by atoms with Crippen molar-refractivity contribution in [2.24, 2.45) is 5.92 Å². The summed E-state index contributed by atoms with van der Waals surface area (Å²) in [7, 11) is 1.39. The van der Waals surface area contributed by atoms with Gasteiger partial charge in [-0.1, -0.05) is 6.92 Å². The van der Waals surface area contributed by atoms with E-state index in [0.717, 1.165) is 56.7 Å². The van der Waals surface area contributed by atoms with Crippen molar-refractivity contribution in [1.82, 2.24) is 4.90 Å². The van der Waals surface area contributed by atoms with Gasteiger partial charge in [-0.2, -0.15) is 0 Å². The summed E-state index contributed by atoms with van der Waals surface area (Å²) < 4.78 is 5.01. The molecule has 1 aromatic carbocycles. The number of carbonyl (C=O) groups is 2. The van der Waals surface area contributed by atoms with Gasteiger partial charge in [0.2, 0.25) is 5.91 Å². The predicted octanol–water partition coefficient (Wildman–Crippen LogP) is 3.13. The van der Waals surface area contributed by atoms with Gasteiger partial charge in [0.25, 0.3) is 0 Å². The molecular formula is C23H29N3O4S. The average molecular weight is 444 g/mol. The molecule has 1 amide bonds. The first-order chi connectivity index (χ1) is 14.9. The normalized spacial score (nSPS) is 19.0. The first-order valence-corrected chi connectivity index (χ1v) is 11.5. The number of phenols is 1. The smallest absolute Gasteiger partial charge is 0.341 e. The molecule has 1 unspecified atom stereocenters. The minimum atomic E-state index is -0.370. The molecule has 1 aliphatic heterocycles. The molecule has 0 bridgehead atoms. The molecule has 8 heteroatoms. The highest BCUT2D eigenvalue weighted by Gasteiger charge is 2.29. The van der Waals surface area contributed by atoms with E-state index in [1.165, 1.54) is 23.3 Å². The predicted molar refractivity (Wildman–Crippen MR) is 122 cm³/mol. The van der Waals surface area contributed by atoms with Crippen LogP contribution in [-0.2, 0) is 22.4 Å². The van der Waals surface area contributed by atoms with Crippen molar-refractivity contribution in [3.05, 3.63) is 40.3 Å². The molecule has 0 spiro atoms. The molecule has 2 aliphatic rings. The highest BCUT2D eigenvalue weighted by Crippen LogP contribution is 2.40. The molecule has 0 saturated carbocycles. The molecule has 1 aromatic heterocycles. The fraction of sp³-hybridized carbons (Fsp3) is 0.478. The lowest BCUT2D eigenvalue weighted by Crippen LogP contribution is -2.48. The number of amides is 1. The first-order valence-electron chi connectivity index (χ1n) is 10.7. The Bertz CT molecular complexity index is 948. The zero-order valence-corrected chi connectivity index (χ0v) is 18.8. The van der Waals surface area contributed by atoms with Crippen LogP contribution in [0.25, 0.3) is 0 Å². The number of nitrogens with one attached hydrogen (secondary N) is 1. The zero-order chi connectivity index (χ0) is 22.0. The Morgan fingerprint density at radius 1 is 1.19 bits per heavy atom. The van der Waals surface area contributed by atoms with Gasteiger partial charge < -0.3 is 20.1 Å². The summed E-state index contributed by atoms with van der Waals surface area (Å²) in [6.45, 7) is 5.69. The van der Waals surface area contributed by atoms with E-state index < -0.39 is 0 Å². The van der Waals surface area contributed by atoms with E-state index >= 15 is 0 Å². The second-order valence-electron chi connectivity index (χ2n) is 8.38. The third kappa shape index (κ3) is 4.85. The molecule has 1 saturated heterocycles. The van der Waals surface area contributed by atoms with Gasteiger partial charge >= 0.3 is 5.97 Å². The number of rotatable bonds is 5. The molecule has 166 valence electrons. The number of benzene rings is 1. The van der Waals surface area contributed by atoms with E-state index in [9.17, 15) is 14.7 Å². The fourth-order valence-corrected chi connectivity index (χ4v) is 5.77. The van der Waals surface area contributed by atoms with Crippen LogP contribution in [-0.4, -0.2) is 61.7 Å². The number of methoxy groups -OCH3 is 1. The number of hydrogen-bond donors (Lipinski definition) is 2. The number of carbonyl (C=O) groups excluding carboxylic acids is 2.